The highest BCUT2D eigenvalue weighted by Crippen LogP contribution is 2.10. The Morgan fingerprint density at radius 2 is 0.864 bits per heavy atom. The molecule has 120 valence electrons. The van der Waals surface area contributed by atoms with Crippen LogP contribution >= 0.6 is 0 Å². The summed E-state index contributed by atoms with van der Waals surface area (Å²) in [6.45, 7) is 8.87. The number of nitrogen functional groups attached to an aromatic ring is 2. The fourth-order valence-electron chi connectivity index (χ4n) is 2.25. The normalized spacial score (nSPS) is 10.5. The molecule has 0 radical (unpaired) electrons. The zero-order chi connectivity index (χ0) is 16.5. The van der Waals surface area contributed by atoms with Crippen LogP contribution in [0.15, 0.2) is 48.5 Å². The van der Waals surface area contributed by atoms with E-state index in [0.717, 1.165) is 36.1 Å². The van der Waals surface area contributed by atoms with Crippen LogP contribution in [0.2, 0.25) is 0 Å². The van der Waals surface area contributed by atoms with Gasteiger partial charge in [0.25, 0.3) is 0 Å². The van der Waals surface area contributed by atoms with Gasteiger partial charge in [0.1, 0.15) is 0 Å². The van der Waals surface area contributed by atoms with Crippen LogP contribution in [-0.2, 0) is 12.8 Å². The third-order valence-corrected chi connectivity index (χ3v) is 3.25. The average molecular weight is 298 g/mol. The van der Waals surface area contributed by atoms with Crippen molar-refractivity contribution in [1.82, 2.24) is 0 Å². The van der Waals surface area contributed by atoms with E-state index in [1.807, 2.05) is 24.3 Å². The summed E-state index contributed by atoms with van der Waals surface area (Å²) in [6, 6.07) is 16.2. The minimum absolute atomic E-state index is 0.721. The molecule has 0 aromatic heterocycles. The van der Waals surface area contributed by atoms with Gasteiger partial charge < -0.3 is 11.5 Å². The Morgan fingerprint density at radius 3 is 1.09 bits per heavy atom. The Hall–Kier alpha value is -1.96. The molecular formula is C20H30N2. The van der Waals surface area contributed by atoms with Crippen molar-refractivity contribution < 1.29 is 0 Å². The molecule has 0 aliphatic carbocycles. The lowest BCUT2D eigenvalue weighted by Gasteiger charge is -2.03. The summed E-state index contributed by atoms with van der Waals surface area (Å²) in [5.41, 5.74) is 15.5. The van der Waals surface area contributed by atoms with E-state index in [4.69, 9.17) is 11.5 Å². The first kappa shape index (κ1) is 18.1. The molecule has 22 heavy (non-hydrogen) atoms. The van der Waals surface area contributed by atoms with Crippen molar-refractivity contribution in [2.24, 2.45) is 11.8 Å². The van der Waals surface area contributed by atoms with Crippen LogP contribution in [0.4, 0.5) is 11.4 Å². The molecule has 0 amide bonds. The molecule has 2 heteroatoms. The van der Waals surface area contributed by atoms with Crippen LogP contribution in [0.3, 0.4) is 0 Å². The largest absolute Gasteiger partial charge is 0.399 e. The van der Waals surface area contributed by atoms with Crippen LogP contribution in [0.25, 0.3) is 0 Å². The minimum Gasteiger partial charge on any atom is -0.399 e. The minimum atomic E-state index is 0.721. The van der Waals surface area contributed by atoms with Crippen LogP contribution in [0.5, 0.6) is 0 Å². The highest BCUT2D eigenvalue weighted by molar-refractivity contribution is 5.39. The summed E-state index contributed by atoms with van der Waals surface area (Å²) in [7, 11) is 0. The first-order valence-corrected chi connectivity index (χ1v) is 8.05. The molecule has 0 saturated heterocycles. The van der Waals surface area contributed by atoms with Crippen molar-refractivity contribution in [3.8, 4) is 0 Å². The monoisotopic (exact) mass is 298 g/mol. The Morgan fingerprint density at radius 1 is 0.591 bits per heavy atom. The van der Waals surface area contributed by atoms with Gasteiger partial charge in [-0.3, -0.25) is 0 Å². The number of rotatable bonds is 4. The summed E-state index contributed by atoms with van der Waals surface area (Å²) >= 11 is 0. The second-order valence-corrected chi connectivity index (χ2v) is 6.68. The highest BCUT2D eigenvalue weighted by Gasteiger charge is 1.96. The van der Waals surface area contributed by atoms with E-state index in [2.05, 4.69) is 52.0 Å². The molecule has 0 spiro atoms. The quantitative estimate of drug-likeness (QED) is 0.786. The second kappa shape index (κ2) is 9.14. The second-order valence-electron chi connectivity index (χ2n) is 6.68. The van der Waals surface area contributed by atoms with Gasteiger partial charge in [-0.05, 0) is 60.1 Å². The zero-order valence-electron chi connectivity index (χ0n) is 14.3. The van der Waals surface area contributed by atoms with Gasteiger partial charge in [-0.15, -0.1) is 0 Å². The molecule has 0 heterocycles. The first-order valence-electron chi connectivity index (χ1n) is 8.05. The Balaban J connectivity index is 0.000000220. The third-order valence-electron chi connectivity index (χ3n) is 3.25. The number of benzene rings is 2. The van der Waals surface area contributed by atoms with Gasteiger partial charge in [0.15, 0.2) is 0 Å². The van der Waals surface area contributed by atoms with Crippen molar-refractivity contribution in [3.05, 3.63) is 59.7 Å². The Bertz CT molecular complexity index is 473. The standard InChI is InChI=1S/2C10H15N/c2*1-8(2)7-9-3-5-10(11)6-4-9/h2*3-6,8H,7,11H2,1-2H3. The summed E-state index contributed by atoms with van der Waals surface area (Å²) < 4.78 is 0. The number of hydrogen-bond donors (Lipinski definition) is 2. The number of anilines is 2. The molecule has 0 aliphatic rings. The molecule has 0 saturated carbocycles. The van der Waals surface area contributed by atoms with E-state index in [9.17, 15) is 0 Å². The molecule has 2 aromatic rings. The molecule has 0 atom stereocenters. The summed E-state index contributed by atoms with van der Waals surface area (Å²) in [5, 5.41) is 0. The maximum atomic E-state index is 5.56. The first-order chi connectivity index (χ1) is 10.4. The van der Waals surface area contributed by atoms with E-state index in [-0.39, 0.29) is 0 Å². The summed E-state index contributed by atoms with van der Waals surface area (Å²) in [4.78, 5) is 0. The molecule has 4 N–H and O–H groups in total. The topological polar surface area (TPSA) is 52.0 Å². The molecule has 0 unspecified atom stereocenters. The van der Waals surface area contributed by atoms with Gasteiger partial charge in [-0.2, -0.15) is 0 Å². The molecule has 0 bridgehead atoms. The van der Waals surface area contributed by atoms with Gasteiger partial charge >= 0.3 is 0 Å². The maximum absolute atomic E-state index is 5.56. The SMILES string of the molecule is CC(C)Cc1ccc(N)cc1.CC(C)Cc1ccc(N)cc1. The molecular weight excluding hydrogens is 268 g/mol. The summed E-state index contributed by atoms with van der Waals surface area (Å²) in [6.07, 6.45) is 2.28. The van der Waals surface area contributed by atoms with E-state index >= 15 is 0 Å². The fourth-order valence-corrected chi connectivity index (χ4v) is 2.25. The van der Waals surface area contributed by atoms with Gasteiger partial charge in [0.05, 0.1) is 0 Å². The van der Waals surface area contributed by atoms with Crippen LogP contribution in [-0.4, -0.2) is 0 Å². The maximum Gasteiger partial charge on any atom is 0.0314 e. The fraction of sp³-hybridized carbons (Fsp3) is 0.400. The van der Waals surface area contributed by atoms with Gasteiger partial charge in [0, 0.05) is 11.4 Å². The van der Waals surface area contributed by atoms with Crippen LogP contribution in [0.1, 0.15) is 38.8 Å². The lowest BCUT2D eigenvalue weighted by Crippen LogP contribution is -1.94. The smallest absolute Gasteiger partial charge is 0.0314 e. The Kier molecular flexibility index (Phi) is 7.51. The van der Waals surface area contributed by atoms with Crippen LogP contribution in [0, 0.1) is 11.8 Å². The predicted molar refractivity (Wildman–Crippen MR) is 98.8 cm³/mol. The lowest BCUT2D eigenvalue weighted by molar-refractivity contribution is 0.647. The van der Waals surface area contributed by atoms with Crippen molar-refractivity contribution in [1.29, 1.82) is 0 Å². The molecule has 2 rings (SSSR count). The lowest BCUT2D eigenvalue weighted by atomic mass is 10.0. The molecule has 0 aliphatic heterocycles. The van der Waals surface area contributed by atoms with E-state index in [1.54, 1.807) is 0 Å². The average Bonchev–Trinajstić information content (AvgIpc) is 2.44. The van der Waals surface area contributed by atoms with Gasteiger partial charge in [-0.25, -0.2) is 0 Å². The molecule has 2 aromatic carbocycles. The van der Waals surface area contributed by atoms with Crippen molar-refractivity contribution in [3.63, 3.8) is 0 Å². The predicted octanol–water partition coefficient (Wildman–Crippen LogP) is 4.93. The number of hydrogen-bond acceptors (Lipinski definition) is 2. The van der Waals surface area contributed by atoms with E-state index in [0.29, 0.717) is 0 Å². The van der Waals surface area contributed by atoms with E-state index in [1.165, 1.54) is 11.1 Å². The Labute approximate surface area is 135 Å². The number of nitrogens with two attached hydrogens (primary N) is 2. The van der Waals surface area contributed by atoms with Crippen molar-refractivity contribution >= 4 is 11.4 Å². The van der Waals surface area contributed by atoms with Gasteiger partial charge in [0.2, 0.25) is 0 Å². The van der Waals surface area contributed by atoms with Crippen LogP contribution < -0.4 is 11.5 Å². The van der Waals surface area contributed by atoms with Gasteiger partial charge in [-0.1, -0.05) is 52.0 Å². The highest BCUT2D eigenvalue weighted by atomic mass is 14.5. The molecule has 2 nitrogen and oxygen atoms in total. The third kappa shape index (κ3) is 7.72. The van der Waals surface area contributed by atoms with Crippen molar-refractivity contribution in [2.75, 3.05) is 11.5 Å². The van der Waals surface area contributed by atoms with E-state index < -0.39 is 0 Å². The molecule has 0 fully saturated rings. The zero-order valence-corrected chi connectivity index (χ0v) is 14.3. The van der Waals surface area contributed by atoms with Crippen molar-refractivity contribution in [2.45, 2.75) is 40.5 Å². The summed E-state index contributed by atoms with van der Waals surface area (Å²) in [5.74, 6) is 1.44.